The summed E-state index contributed by atoms with van der Waals surface area (Å²) in [6, 6.07) is 0. The maximum Gasteiger partial charge on any atom is 0.305 e. The maximum atomic E-state index is 11.2. The summed E-state index contributed by atoms with van der Waals surface area (Å²) < 4.78 is 10.6. The normalized spacial score (nSPS) is 26.5. The van der Waals surface area contributed by atoms with Crippen LogP contribution in [-0.4, -0.2) is 24.3 Å². The molecule has 1 rings (SSSR count). The number of rotatable bonds is 7. The number of hydrogen-bond donors (Lipinski definition) is 0. The van der Waals surface area contributed by atoms with Crippen LogP contribution in [0.3, 0.4) is 0 Å². The zero-order chi connectivity index (χ0) is 12.9. The third-order valence-corrected chi connectivity index (χ3v) is 3.14. The highest BCUT2D eigenvalue weighted by Gasteiger charge is 2.50. The van der Waals surface area contributed by atoms with E-state index in [0.717, 1.165) is 19.3 Å². The van der Waals surface area contributed by atoms with Crippen LogP contribution in [0.4, 0.5) is 0 Å². The number of esters is 1. The van der Waals surface area contributed by atoms with Crippen LogP contribution < -0.4 is 0 Å². The van der Waals surface area contributed by atoms with Gasteiger partial charge in [0.2, 0.25) is 0 Å². The van der Waals surface area contributed by atoms with E-state index in [-0.39, 0.29) is 17.7 Å². The molecular formula is C14H24O3. The predicted molar refractivity (Wildman–Crippen MR) is 67.8 cm³/mol. The molecule has 0 saturated carbocycles. The first kappa shape index (κ1) is 14.2. The van der Waals surface area contributed by atoms with Crippen molar-refractivity contribution in [3.8, 4) is 0 Å². The Morgan fingerprint density at radius 3 is 2.76 bits per heavy atom. The van der Waals surface area contributed by atoms with Crippen molar-refractivity contribution in [2.75, 3.05) is 6.61 Å². The number of hydrogen-bond acceptors (Lipinski definition) is 3. The van der Waals surface area contributed by atoms with Crippen LogP contribution in [0.5, 0.6) is 0 Å². The molecule has 98 valence electrons. The van der Waals surface area contributed by atoms with Gasteiger partial charge in [0.1, 0.15) is 0 Å². The molecule has 2 atom stereocenters. The lowest BCUT2D eigenvalue weighted by molar-refractivity contribution is -0.143. The molecule has 1 aliphatic rings. The van der Waals surface area contributed by atoms with Crippen LogP contribution in [0.15, 0.2) is 11.6 Å². The minimum atomic E-state index is -0.116. The van der Waals surface area contributed by atoms with Gasteiger partial charge in [-0.25, -0.2) is 0 Å². The topological polar surface area (TPSA) is 38.8 Å². The van der Waals surface area contributed by atoms with Gasteiger partial charge in [-0.3, -0.25) is 4.79 Å². The summed E-state index contributed by atoms with van der Waals surface area (Å²) in [5.74, 6) is -0.116. The number of carbonyl (C=O) groups excluding carboxylic acids is 1. The van der Waals surface area contributed by atoms with Gasteiger partial charge in [-0.15, -0.1) is 0 Å². The van der Waals surface area contributed by atoms with Gasteiger partial charge >= 0.3 is 5.97 Å². The average molecular weight is 240 g/mol. The molecule has 0 spiro atoms. The summed E-state index contributed by atoms with van der Waals surface area (Å²) in [5.41, 5.74) is 1.33. The molecule has 1 heterocycles. The predicted octanol–water partition coefficient (Wildman–Crippen LogP) is 3.23. The summed E-state index contributed by atoms with van der Waals surface area (Å²) in [6.07, 6.45) is 5.80. The van der Waals surface area contributed by atoms with Crippen molar-refractivity contribution in [1.29, 1.82) is 0 Å². The molecule has 0 aliphatic carbocycles. The van der Waals surface area contributed by atoms with Gasteiger partial charge in [0, 0.05) is 6.42 Å². The fraction of sp³-hybridized carbons (Fsp3) is 0.786. The Morgan fingerprint density at radius 2 is 2.18 bits per heavy atom. The van der Waals surface area contributed by atoms with E-state index in [1.54, 1.807) is 0 Å². The highest BCUT2D eigenvalue weighted by Crippen LogP contribution is 2.43. The molecule has 0 amide bonds. The lowest BCUT2D eigenvalue weighted by atomic mass is 9.98. The van der Waals surface area contributed by atoms with E-state index in [0.29, 0.717) is 13.0 Å². The fourth-order valence-electron chi connectivity index (χ4n) is 2.00. The highest BCUT2D eigenvalue weighted by molar-refractivity contribution is 5.69. The Morgan fingerprint density at radius 1 is 1.47 bits per heavy atom. The summed E-state index contributed by atoms with van der Waals surface area (Å²) in [5, 5.41) is 0. The zero-order valence-corrected chi connectivity index (χ0v) is 11.4. The number of epoxide rings is 1. The summed E-state index contributed by atoms with van der Waals surface area (Å²) >= 11 is 0. The third kappa shape index (κ3) is 4.90. The van der Waals surface area contributed by atoms with Gasteiger partial charge < -0.3 is 9.47 Å². The Labute approximate surface area is 104 Å². The number of allylic oxidation sites excluding steroid dienone is 2. The Hall–Kier alpha value is -0.830. The zero-order valence-electron chi connectivity index (χ0n) is 11.4. The van der Waals surface area contributed by atoms with Crippen LogP contribution in [0.1, 0.15) is 53.4 Å². The molecule has 0 bridgehead atoms. The van der Waals surface area contributed by atoms with Crippen molar-refractivity contribution in [3.63, 3.8) is 0 Å². The lowest BCUT2D eigenvalue weighted by Gasteiger charge is -2.04. The van der Waals surface area contributed by atoms with Crippen molar-refractivity contribution in [2.24, 2.45) is 0 Å². The van der Waals surface area contributed by atoms with Crippen molar-refractivity contribution in [3.05, 3.63) is 11.6 Å². The smallest absolute Gasteiger partial charge is 0.305 e. The largest absolute Gasteiger partial charge is 0.466 e. The Bertz CT molecular complexity index is 292. The summed E-state index contributed by atoms with van der Waals surface area (Å²) in [6.45, 7) is 8.63. The van der Waals surface area contributed by atoms with Crippen LogP contribution >= 0.6 is 0 Å². The van der Waals surface area contributed by atoms with Crippen LogP contribution in [0.2, 0.25) is 0 Å². The van der Waals surface area contributed by atoms with Crippen LogP contribution in [0, 0.1) is 0 Å². The molecule has 2 unspecified atom stereocenters. The van der Waals surface area contributed by atoms with Crippen LogP contribution in [0.25, 0.3) is 0 Å². The second-order valence-corrected chi connectivity index (χ2v) is 5.08. The first-order valence-corrected chi connectivity index (χ1v) is 6.44. The van der Waals surface area contributed by atoms with E-state index >= 15 is 0 Å². The second-order valence-electron chi connectivity index (χ2n) is 5.08. The lowest BCUT2D eigenvalue weighted by Crippen LogP contribution is -2.12. The van der Waals surface area contributed by atoms with Crippen molar-refractivity contribution in [2.45, 2.75) is 65.1 Å². The molecule has 0 N–H and O–H groups in total. The molecular weight excluding hydrogens is 216 g/mol. The SMILES string of the molecule is CCOC(=O)CCC1OC1(C)CCC=C(C)C. The summed E-state index contributed by atoms with van der Waals surface area (Å²) in [7, 11) is 0. The minimum absolute atomic E-state index is 0.0154. The standard InChI is InChI=1S/C14H24O3/c1-5-16-13(15)9-8-12-14(4,17-12)10-6-7-11(2)3/h7,12H,5-6,8-10H2,1-4H3. The molecule has 0 aromatic carbocycles. The fourth-order valence-corrected chi connectivity index (χ4v) is 2.00. The van der Waals surface area contributed by atoms with Crippen molar-refractivity contribution < 1.29 is 14.3 Å². The average Bonchev–Trinajstić information content (AvgIpc) is 2.87. The van der Waals surface area contributed by atoms with Gasteiger partial charge in [-0.2, -0.15) is 0 Å². The third-order valence-electron chi connectivity index (χ3n) is 3.14. The van der Waals surface area contributed by atoms with Gasteiger partial charge in [-0.05, 0) is 47.0 Å². The number of ether oxygens (including phenoxy) is 2. The molecule has 1 aliphatic heterocycles. The van der Waals surface area contributed by atoms with Gasteiger partial charge in [0.25, 0.3) is 0 Å². The second kappa shape index (κ2) is 6.20. The van der Waals surface area contributed by atoms with E-state index in [2.05, 4.69) is 26.8 Å². The highest BCUT2D eigenvalue weighted by atomic mass is 16.6. The minimum Gasteiger partial charge on any atom is -0.466 e. The monoisotopic (exact) mass is 240 g/mol. The molecule has 3 nitrogen and oxygen atoms in total. The molecule has 1 fully saturated rings. The first-order valence-electron chi connectivity index (χ1n) is 6.44. The van der Waals surface area contributed by atoms with Gasteiger partial charge in [-0.1, -0.05) is 11.6 Å². The first-order chi connectivity index (χ1) is 7.98. The summed E-state index contributed by atoms with van der Waals surface area (Å²) in [4.78, 5) is 11.2. The van der Waals surface area contributed by atoms with Crippen molar-refractivity contribution >= 4 is 5.97 Å². The molecule has 17 heavy (non-hydrogen) atoms. The van der Waals surface area contributed by atoms with E-state index in [1.165, 1.54) is 5.57 Å². The quantitative estimate of drug-likeness (QED) is 0.389. The number of carbonyl (C=O) groups is 1. The van der Waals surface area contributed by atoms with Gasteiger partial charge in [0.05, 0.1) is 18.3 Å². The van der Waals surface area contributed by atoms with Crippen molar-refractivity contribution in [1.82, 2.24) is 0 Å². The van der Waals surface area contributed by atoms with E-state index < -0.39 is 0 Å². The molecule has 0 radical (unpaired) electrons. The Kier molecular flexibility index (Phi) is 5.19. The molecule has 0 aromatic rings. The molecule has 0 aromatic heterocycles. The molecule has 3 heteroatoms. The van der Waals surface area contributed by atoms with Crippen LogP contribution in [-0.2, 0) is 14.3 Å². The van der Waals surface area contributed by atoms with Gasteiger partial charge in [0.15, 0.2) is 0 Å². The maximum absolute atomic E-state index is 11.2. The van der Waals surface area contributed by atoms with E-state index in [9.17, 15) is 4.79 Å². The van der Waals surface area contributed by atoms with E-state index in [4.69, 9.17) is 9.47 Å². The molecule has 1 saturated heterocycles. The van der Waals surface area contributed by atoms with E-state index in [1.807, 2.05) is 6.92 Å². The Balaban J connectivity index is 2.18.